The second-order valence-corrected chi connectivity index (χ2v) is 8.65. The zero-order valence-electron chi connectivity index (χ0n) is 15.5. The van der Waals surface area contributed by atoms with Crippen LogP contribution >= 0.6 is 23.4 Å². The van der Waals surface area contributed by atoms with Crippen LogP contribution in [0.2, 0.25) is 5.02 Å². The van der Waals surface area contributed by atoms with Gasteiger partial charge in [0.1, 0.15) is 0 Å². The van der Waals surface area contributed by atoms with E-state index in [2.05, 4.69) is 10.3 Å². The van der Waals surface area contributed by atoms with Crippen LogP contribution in [0.1, 0.15) is 39.0 Å². The van der Waals surface area contributed by atoms with Crippen molar-refractivity contribution in [1.29, 1.82) is 0 Å². The number of hydrogen-bond acceptors (Lipinski definition) is 5. The molecule has 0 saturated heterocycles. The van der Waals surface area contributed by atoms with E-state index in [1.165, 1.54) is 4.57 Å². The number of carbonyl (C=O) groups excluding carboxylic acids is 1. The van der Waals surface area contributed by atoms with Crippen molar-refractivity contribution in [3.8, 4) is 0 Å². The summed E-state index contributed by atoms with van der Waals surface area (Å²) in [4.78, 5) is 40.9. The number of carbonyl (C=O) groups is 2. The van der Waals surface area contributed by atoms with Crippen LogP contribution in [-0.2, 0) is 16.1 Å². The molecule has 1 unspecified atom stereocenters. The molecule has 1 heterocycles. The number of nitrogens with zero attached hydrogens (tertiary/aromatic N) is 2. The summed E-state index contributed by atoms with van der Waals surface area (Å²) < 4.78 is 1.33. The number of thioether (sulfide) groups is 1. The number of aliphatic carboxylic acids is 1. The van der Waals surface area contributed by atoms with E-state index in [1.807, 2.05) is 0 Å². The first-order valence-corrected chi connectivity index (χ1v) is 10.5. The lowest BCUT2D eigenvalue weighted by molar-refractivity contribution is -0.137. The molecule has 1 fully saturated rings. The van der Waals surface area contributed by atoms with Gasteiger partial charge in [-0.2, -0.15) is 0 Å². The van der Waals surface area contributed by atoms with E-state index in [9.17, 15) is 14.4 Å². The Hall–Kier alpha value is -2.06. The molecule has 7 nitrogen and oxygen atoms in total. The first kappa shape index (κ1) is 20.7. The smallest absolute Gasteiger partial charge is 0.305 e. The normalized spacial score (nSPS) is 15.6. The largest absolute Gasteiger partial charge is 0.481 e. The Morgan fingerprint density at radius 2 is 2.11 bits per heavy atom. The molecule has 9 heteroatoms. The molecule has 1 aliphatic carbocycles. The summed E-state index contributed by atoms with van der Waals surface area (Å²) >= 11 is 7.17. The van der Waals surface area contributed by atoms with Crippen LogP contribution in [0.4, 0.5) is 0 Å². The zero-order chi connectivity index (χ0) is 20.3. The Bertz CT molecular complexity index is 956. The highest BCUT2D eigenvalue weighted by molar-refractivity contribution is 8.00. The van der Waals surface area contributed by atoms with E-state index in [4.69, 9.17) is 16.7 Å². The number of amides is 1. The highest BCUT2D eigenvalue weighted by Crippen LogP contribution is 2.25. The van der Waals surface area contributed by atoms with Crippen LogP contribution in [0.25, 0.3) is 10.9 Å². The fraction of sp³-hybridized carbons (Fsp3) is 0.474. The van der Waals surface area contributed by atoms with Crippen molar-refractivity contribution < 1.29 is 14.7 Å². The average molecular weight is 424 g/mol. The number of carboxylic acid groups (broad SMARTS) is 1. The highest BCUT2D eigenvalue weighted by atomic mass is 35.5. The van der Waals surface area contributed by atoms with E-state index < -0.39 is 11.2 Å². The van der Waals surface area contributed by atoms with E-state index in [0.717, 1.165) is 37.4 Å². The fourth-order valence-electron chi connectivity index (χ4n) is 3.27. The van der Waals surface area contributed by atoms with Crippen LogP contribution in [0.15, 0.2) is 28.2 Å². The molecule has 0 radical (unpaired) electrons. The van der Waals surface area contributed by atoms with Crippen molar-refractivity contribution in [3.63, 3.8) is 0 Å². The molecule has 0 bridgehead atoms. The van der Waals surface area contributed by atoms with E-state index in [1.54, 1.807) is 25.1 Å². The minimum absolute atomic E-state index is 0.0149. The molecule has 0 spiro atoms. The van der Waals surface area contributed by atoms with Gasteiger partial charge in [-0.1, -0.05) is 36.2 Å². The number of benzene rings is 1. The summed E-state index contributed by atoms with van der Waals surface area (Å²) in [6, 6.07) is 4.97. The fourth-order valence-corrected chi connectivity index (χ4v) is 4.38. The highest BCUT2D eigenvalue weighted by Gasteiger charge is 2.23. The van der Waals surface area contributed by atoms with Crippen LogP contribution in [0.3, 0.4) is 0 Å². The van der Waals surface area contributed by atoms with Crippen molar-refractivity contribution in [3.05, 3.63) is 33.6 Å². The molecule has 1 aliphatic rings. The van der Waals surface area contributed by atoms with E-state index >= 15 is 0 Å². The molecule has 1 aromatic carbocycles. The van der Waals surface area contributed by atoms with E-state index in [0.29, 0.717) is 21.1 Å². The molecule has 2 N–H and O–H groups in total. The van der Waals surface area contributed by atoms with Gasteiger partial charge in [-0.25, -0.2) is 4.98 Å². The van der Waals surface area contributed by atoms with Crippen LogP contribution in [0.5, 0.6) is 0 Å². The maximum atomic E-state index is 12.9. The SMILES string of the molecule is CC(Sc1nc2cc(Cl)ccc2c(=O)n1CCC(=O)O)C(=O)NC1CCCC1. The van der Waals surface area contributed by atoms with Crippen molar-refractivity contribution in [1.82, 2.24) is 14.9 Å². The number of halogens is 1. The van der Waals surface area contributed by atoms with E-state index in [-0.39, 0.29) is 30.5 Å². The summed E-state index contributed by atoms with van der Waals surface area (Å²) in [6.07, 6.45) is 4.00. The Labute approximate surface area is 171 Å². The summed E-state index contributed by atoms with van der Waals surface area (Å²) in [5.41, 5.74) is 0.0868. The monoisotopic (exact) mass is 423 g/mol. The lowest BCUT2D eigenvalue weighted by Gasteiger charge is -2.18. The molecule has 1 atom stereocenters. The minimum atomic E-state index is -1.01. The van der Waals surface area contributed by atoms with Gasteiger partial charge in [-0.15, -0.1) is 0 Å². The molecule has 3 rings (SSSR count). The first-order chi connectivity index (χ1) is 13.3. The van der Waals surface area contributed by atoms with Crippen LogP contribution < -0.4 is 10.9 Å². The van der Waals surface area contributed by atoms with Crippen molar-refractivity contribution in [2.45, 2.75) is 62.0 Å². The number of nitrogens with one attached hydrogen (secondary N) is 1. The lowest BCUT2D eigenvalue weighted by atomic mass is 10.2. The summed E-state index contributed by atoms with van der Waals surface area (Å²) in [5.74, 6) is -1.12. The van der Waals surface area contributed by atoms with Crippen molar-refractivity contribution in [2.24, 2.45) is 0 Å². The third kappa shape index (κ3) is 4.86. The first-order valence-electron chi connectivity index (χ1n) is 9.24. The maximum Gasteiger partial charge on any atom is 0.305 e. The minimum Gasteiger partial charge on any atom is -0.481 e. The van der Waals surface area contributed by atoms with Crippen LogP contribution in [-0.4, -0.2) is 37.8 Å². The number of fused-ring (bicyclic) bond motifs is 1. The van der Waals surface area contributed by atoms with Gasteiger partial charge in [0.05, 0.1) is 22.6 Å². The molecule has 2 aromatic rings. The predicted molar refractivity (Wildman–Crippen MR) is 109 cm³/mol. The standard InChI is InChI=1S/C19H22ClN3O4S/c1-11(17(26)21-13-4-2-3-5-13)28-19-22-15-10-12(20)6-7-14(15)18(27)23(19)9-8-16(24)25/h6-7,10-11,13H,2-5,8-9H2,1H3,(H,21,26)(H,24,25). The lowest BCUT2D eigenvalue weighted by Crippen LogP contribution is -2.38. The summed E-state index contributed by atoms with van der Waals surface area (Å²) in [5, 5.41) is 12.7. The average Bonchev–Trinajstić information content (AvgIpc) is 3.13. The van der Waals surface area contributed by atoms with Gasteiger partial charge < -0.3 is 10.4 Å². The Morgan fingerprint density at radius 1 is 1.39 bits per heavy atom. The zero-order valence-corrected chi connectivity index (χ0v) is 17.1. The Balaban J connectivity index is 1.90. The number of carboxylic acids is 1. The molecule has 1 amide bonds. The predicted octanol–water partition coefficient (Wildman–Crippen LogP) is 3.06. The summed E-state index contributed by atoms with van der Waals surface area (Å²) in [6.45, 7) is 1.74. The van der Waals surface area contributed by atoms with Gasteiger partial charge >= 0.3 is 5.97 Å². The van der Waals surface area contributed by atoms with Gasteiger partial charge in [0.15, 0.2) is 5.16 Å². The van der Waals surface area contributed by atoms with Gasteiger partial charge in [0.25, 0.3) is 5.56 Å². The molecule has 1 aromatic heterocycles. The second kappa shape index (κ2) is 8.96. The maximum absolute atomic E-state index is 12.9. The molecular weight excluding hydrogens is 402 g/mol. The molecule has 28 heavy (non-hydrogen) atoms. The summed E-state index contributed by atoms with van der Waals surface area (Å²) in [7, 11) is 0. The second-order valence-electron chi connectivity index (χ2n) is 6.91. The molecular formula is C19H22ClN3O4S. The Kier molecular flexibility index (Phi) is 6.61. The van der Waals surface area contributed by atoms with Crippen LogP contribution in [0, 0.1) is 0 Å². The van der Waals surface area contributed by atoms with Gasteiger partial charge in [-0.3, -0.25) is 19.0 Å². The van der Waals surface area contributed by atoms with Gasteiger partial charge in [0, 0.05) is 17.6 Å². The Morgan fingerprint density at radius 3 is 2.79 bits per heavy atom. The van der Waals surface area contributed by atoms with Gasteiger partial charge in [-0.05, 0) is 38.0 Å². The third-order valence-electron chi connectivity index (χ3n) is 4.78. The topological polar surface area (TPSA) is 101 Å². The number of aromatic nitrogens is 2. The van der Waals surface area contributed by atoms with Crippen molar-refractivity contribution >= 4 is 46.1 Å². The van der Waals surface area contributed by atoms with Gasteiger partial charge in [0.2, 0.25) is 5.91 Å². The molecule has 150 valence electrons. The van der Waals surface area contributed by atoms with Crippen molar-refractivity contribution in [2.75, 3.05) is 0 Å². The number of hydrogen-bond donors (Lipinski definition) is 2. The number of rotatable bonds is 7. The quantitative estimate of drug-likeness (QED) is 0.524. The third-order valence-corrected chi connectivity index (χ3v) is 6.11. The molecule has 0 aliphatic heterocycles. The molecule has 1 saturated carbocycles.